The molecule has 0 bridgehead atoms. The summed E-state index contributed by atoms with van der Waals surface area (Å²) in [5.74, 6) is -0.0320. The minimum Gasteiger partial charge on any atom is -0.492 e. The van der Waals surface area contributed by atoms with Crippen molar-refractivity contribution in [3.63, 3.8) is 0 Å². The van der Waals surface area contributed by atoms with E-state index in [4.69, 9.17) is 14.6 Å². The molecule has 1 aromatic rings. The zero-order valence-corrected chi connectivity index (χ0v) is 12.0. The fraction of sp³-hybridized carbons (Fsp3) is 0.533. The average Bonchev–Trinajstić information content (AvgIpc) is 2.38. The molecule has 110 valence electrons. The number of carboxylic acids is 1. The molecule has 1 aliphatic heterocycles. The lowest BCUT2D eigenvalue weighted by Gasteiger charge is -2.30. The summed E-state index contributed by atoms with van der Waals surface area (Å²) in [5, 5.41) is 8.94. The van der Waals surface area contributed by atoms with E-state index in [2.05, 4.69) is 11.0 Å². The number of nitrogens with zero attached hydrogens (tertiary/aromatic N) is 1. The molecule has 1 heterocycles. The van der Waals surface area contributed by atoms with Gasteiger partial charge in [-0.25, -0.2) is 4.79 Å². The van der Waals surface area contributed by atoms with Crippen LogP contribution >= 0.6 is 0 Å². The van der Waals surface area contributed by atoms with Crippen LogP contribution in [0, 0.1) is 13.8 Å². The number of carboxylic acid groups (broad SMARTS) is 1. The minimum absolute atomic E-state index is 0.422. The van der Waals surface area contributed by atoms with Crippen molar-refractivity contribution in [1.29, 1.82) is 0 Å². The van der Waals surface area contributed by atoms with E-state index in [9.17, 15) is 4.79 Å². The minimum atomic E-state index is -0.898. The quantitative estimate of drug-likeness (QED) is 0.884. The van der Waals surface area contributed by atoms with Gasteiger partial charge in [-0.05, 0) is 37.1 Å². The van der Waals surface area contributed by atoms with Gasteiger partial charge < -0.3 is 14.6 Å². The molecule has 1 unspecified atom stereocenters. The Kier molecular flexibility index (Phi) is 4.98. The molecule has 0 spiro atoms. The normalized spacial score (nSPS) is 19.8. The Hall–Kier alpha value is -1.59. The van der Waals surface area contributed by atoms with Crippen molar-refractivity contribution in [3.8, 4) is 5.75 Å². The van der Waals surface area contributed by atoms with E-state index in [-0.39, 0.29) is 0 Å². The third-order valence-corrected chi connectivity index (χ3v) is 3.30. The molecule has 0 radical (unpaired) electrons. The van der Waals surface area contributed by atoms with E-state index in [1.54, 1.807) is 0 Å². The Bertz CT molecular complexity index is 455. The fourth-order valence-electron chi connectivity index (χ4n) is 2.36. The second-order valence-electron chi connectivity index (χ2n) is 5.17. The molecule has 5 nitrogen and oxygen atoms in total. The third kappa shape index (κ3) is 4.21. The number of hydrogen-bond donors (Lipinski definition) is 1. The van der Waals surface area contributed by atoms with Crippen LogP contribution in [0.5, 0.6) is 5.75 Å². The SMILES string of the molecule is Cc1cc(C)cc(OCCN2CCOC(C(=O)O)C2)c1. The van der Waals surface area contributed by atoms with E-state index in [1.165, 1.54) is 11.1 Å². The smallest absolute Gasteiger partial charge is 0.334 e. The number of aliphatic carboxylic acids is 1. The third-order valence-electron chi connectivity index (χ3n) is 3.30. The second-order valence-corrected chi connectivity index (χ2v) is 5.17. The van der Waals surface area contributed by atoms with E-state index in [1.807, 2.05) is 26.0 Å². The zero-order chi connectivity index (χ0) is 14.5. The summed E-state index contributed by atoms with van der Waals surface area (Å²) in [4.78, 5) is 12.9. The first-order valence-corrected chi connectivity index (χ1v) is 6.82. The van der Waals surface area contributed by atoms with Crippen molar-refractivity contribution in [2.75, 3.05) is 32.8 Å². The van der Waals surface area contributed by atoms with E-state index >= 15 is 0 Å². The number of hydrogen-bond acceptors (Lipinski definition) is 4. The molecule has 0 amide bonds. The number of benzene rings is 1. The molecular weight excluding hydrogens is 258 g/mol. The van der Waals surface area contributed by atoms with Gasteiger partial charge in [-0.15, -0.1) is 0 Å². The molecule has 1 atom stereocenters. The summed E-state index contributed by atoms with van der Waals surface area (Å²) in [7, 11) is 0. The van der Waals surface area contributed by atoms with Gasteiger partial charge in [0.15, 0.2) is 6.10 Å². The van der Waals surface area contributed by atoms with E-state index < -0.39 is 12.1 Å². The Balaban J connectivity index is 1.79. The molecule has 1 N–H and O–H groups in total. The van der Waals surface area contributed by atoms with E-state index in [0.717, 1.165) is 12.3 Å². The van der Waals surface area contributed by atoms with Gasteiger partial charge in [0.05, 0.1) is 6.61 Å². The summed E-state index contributed by atoms with van der Waals surface area (Å²) < 4.78 is 10.9. The lowest BCUT2D eigenvalue weighted by atomic mass is 10.1. The highest BCUT2D eigenvalue weighted by molar-refractivity contribution is 5.72. The van der Waals surface area contributed by atoms with Gasteiger partial charge in [-0.1, -0.05) is 6.07 Å². The number of rotatable bonds is 5. The highest BCUT2D eigenvalue weighted by Crippen LogP contribution is 2.16. The standard InChI is InChI=1S/C15H21NO4/c1-11-7-12(2)9-13(8-11)19-5-3-16-4-6-20-14(10-16)15(17)18/h7-9,14H,3-6,10H2,1-2H3,(H,17,18). The highest BCUT2D eigenvalue weighted by Gasteiger charge is 2.25. The number of carbonyl (C=O) groups is 1. The summed E-state index contributed by atoms with van der Waals surface area (Å²) in [6, 6.07) is 6.12. The molecule has 1 fully saturated rings. The average molecular weight is 279 g/mol. The van der Waals surface area contributed by atoms with Crippen LogP contribution in [-0.4, -0.2) is 54.9 Å². The number of morpholine rings is 1. The molecule has 0 saturated carbocycles. The van der Waals surface area contributed by atoms with Gasteiger partial charge in [0.25, 0.3) is 0 Å². The molecule has 5 heteroatoms. The van der Waals surface area contributed by atoms with E-state index in [0.29, 0.717) is 26.3 Å². The van der Waals surface area contributed by atoms with Crippen molar-refractivity contribution in [1.82, 2.24) is 4.90 Å². The van der Waals surface area contributed by atoms with Crippen LogP contribution in [0.2, 0.25) is 0 Å². The first kappa shape index (κ1) is 14.8. The fourth-order valence-corrected chi connectivity index (χ4v) is 2.36. The first-order chi connectivity index (χ1) is 9.54. The van der Waals surface area contributed by atoms with Gasteiger partial charge in [0, 0.05) is 19.6 Å². The van der Waals surface area contributed by atoms with Crippen LogP contribution in [-0.2, 0) is 9.53 Å². The summed E-state index contributed by atoms with van der Waals surface area (Å²) >= 11 is 0. The lowest BCUT2D eigenvalue weighted by Crippen LogP contribution is -2.47. The maximum Gasteiger partial charge on any atom is 0.334 e. The van der Waals surface area contributed by atoms with Gasteiger partial charge in [-0.3, -0.25) is 4.90 Å². The number of ether oxygens (including phenoxy) is 2. The Labute approximate surface area is 119 Å². The highest BCUT2D eigenvalue weighted by atomic mass is 16.5. The van der Waals surface area contributed by atoms with Crippen molar-refractivity contribution >= 4 is 5.97 Å². The molecule has 2 rings (SSSR count). The molecule has 0 aliphatic carbocycles. The van der Waals surface area contributed by atoms with Crippen molar-refractivity contribution in [2.45, 2.75) is 20.0 Å². The Morgan fingerprint density at radius 1 is 1.40 bits per heavy atom. The Morgan fingerprint density at radius 2 is 2.10 bits per heavy atom. The van der Waals surface area contributed by atoms with Crippen LogP contribution < -0.4 is 4.74 Å². The first-order valence-electron chi connectivity index (χ1n) is 6.82. The van der Waals surface area contributed by atoms with Crippen molar-refractivity contribution in [2.24, 2.45) is 0 Å². The van der Waals surface area contributed by atoms with Gasteiger partial charge in [0.2, 0.25) is 0 Å². The van der Waals surface area contributed by atoms with Crippen molar-refractivity contribution in [3.05, 3.63) is 29.3 Å². The predicted octanol–water partition coefficient (Wildman–Crippen LogP) is 1.47. The van der Waals surface area contributed by atoms with Crippen LogP contribution in [0.1, 0.15) is 11.1 Å². The molecular formula is C15H21NO4. The van der Waals surface area contributed by atoms with Gasteiger partial charge >= 0.3 is 5.97 Å². The molecule has 1 aliphatic rings. The van der Waals surface area contributed by atoms with Crippen LogP contribution in [0.15, 0.2) is 18.2 Å². The zero-order valence-electron chi connectivity index (χ0n) is 12.0. The monoisotopic (exact) mass is 279 g/mol. The van der Waals surface area contributed by atoms with Crippen LogP contribution in [0.4, 0.5) is 0 Å². The molecule has 0 aromatic heterocycles. The lowest BCUT2D eigenvalue weighted by molar-refractivity contribution is -0.156. The second kappa shape index (κ2) is 6.72. The maximum atomic E-state index is 10.9. The number of aryl methyl sites for hydroxylation is 2. The van der Waals surface area contributed by atoms with Gasteiger partial charge in [-0.2, -0.15) is 0 Å². The molecule has 1 saturated heterocycles. The molecule has 1 aromatic carbocycles. The summed E-state index contributed by atoms with van der Waals surface area (Å²) in [5.41, 5.74) is 2.36. The maximum absolute atomic E-state index is 10.9. The van der Waals surface area contributed by atoms with Crippen LogP contribution in [0.3, 0.4) is 0 Å². The van der Waals surface area contributed by atoms with Gasteiger partial charge in [0.1, 0.15) is 12.4 Å². The molecule has 20 heavy (non-hydrogen) atoms. The predicted molar refractivity (Wildman–Crippen MR) is 75.2 cm³/mol. The topological polar surface area (TPSA) is 59.0 Å². The summed E-state index contributed by atoms with van der Waals surface area (Å²) in [6.07, 6.45) is -0.718. The van der Waals surface area contributed by atoms with Crippen molar-refractivity contribution < 1.29 is 19.4 Å². The largest absolute Gasteiger partial charge is 0.492 e. The summed E-state index contributed by atoms with van der Waals surface area (Å²) in [6.45, 7) is 6.97. The van der Waals surface area contributed by atoms with Crippen LogP contribution in [0.25, 0.3) is 0 Å². The Morgan fingerprint density at radius 3 is 2.75 bits per heavy atom.